The molecule has 0 bridgehead atoms. The second-order valence-corrected chi connectivity index (χ2v) is 3.96. The van der Waals surface area contributed by atoms with E-state index in [0.29, 0.717) is 4.47 Å². The Bertz CT molecular complexity index is 396. The summed E-state index contributed by atoms with van der Waals surface area (Å²) in [7, 11) is 0. The Labute approximate surface area is 99.2 Å². The van der Waals surface area contributed by atoms with E-state index in [1.807, 2.05) is 0 Å². The van der Waals surface area contributed by atoms with E-state index in [9.17, 15) is 13.6 Å². The van der Waals surface area contributed by atoms with Gasteiger partial charge in [-0.15, -0.1) is 0 Å². The lowest BCUT2D eigenvalue weighted by molar-refractivity contribution is -0.137. The van der Waals surface area contributed by atoms with E-state index >= 15 is 0 Å². The van der Waals surface area contributed by atoms with E-state index in [2.05, 4.69) is 15.9 Å². The van der Waals surface area contributed by atoms with Crippen molar-refractivity contribution in [1.29, 1.82) is 0 Å². The highest BCUT2D eigenvalue weighted by atomic mass is 79.9. The van der Waals surface area contributed by atoms with Crippen LogP contribution in [0.15, 0.2) is 16.6 Å². The van der Waals surface area contributed by atoms with Crippen molar-refractivity contribution < 1.29 is 23.4 Å². The zero-order valence-corrected chi connectivity index (χ0v) is 9.76. The van der Waals surface area contributed by atoms with E-state index in [0.717, 1.165) is 6.07 Å². The van der Waals surface area contributed by atoms with Gasteiger partial charge in [0.15, 0.2) is 11.6 Å². The monoisotopic (exact) mass is 294 g/mol. The van der Waals surface area contributed by atoms with Crippen LogP contribution in [-0.4, -0.2) is 17.7 Å². The SMILES string of the molecule is O=C(O)CCCOc1cc(Br)cc(F)c1F. The molecular weight excluding hydrogens is 286 g/mol. The second kappa shape index (κ2) is 5.79. The van der Waals surface area contributed by atoms with Crippen LogP contribution in [0.25, 0.3) is 0 Å². The second-order valence-electron chi connectivity index (χ2n) is 3.05. The fourth-order valence-corrected chi connectivity index (χ4v) is 1.45. The molecule has 1 aromatic rings. The van der Waals surface area contributed by atoms with Gasteiger partial charge >= 0.3 is 5.97 Å². The first-order valence-electron chi connectivity index (χ1n) is 4.50. The molecule has 6 heteroatoms. The van der Waals surface area contributed by atoms with Crippen LogP contribution in [0.5, 0.6) is 5.75 Å². The summed E-state index contributed by atoms with van der Waals surface area (Å²) in [6.45, 7) is 0.0269. The molecule has 0 spiro atoms. The third-order valence-corrected chi connectivity index (χ3v) is 2.21. The summed E-state index contributed by atoms with van der Waals surface area (Å²) >= 11 is 3.00. The lowest BCUT2D eigenvalue weighted by Crippen LogP contribution is -2.04. The molecule has 0 saturated carbocycles. The van der Waals surface area contributed by atoms with Crippen molar-refractivity contribution in [3.05, 3.63) is 28.2 Å². The van der Waals surface area contributed by atoms with Gasteiger partial charge in [0.2, 0.25) is 5.82 Å². The summed E-state index contributed by atoms with van der Waals surface area (Å²) in [5.74, 6) is -3.26. The van der Waals surface area contributed by atoms with Gasteiger partial charge in [-0.25, -0.2) is 4.39 Å². The van der Waals surface area contributed by atoms with Gasteiger partial charge in [-0.1, -0.05) is 15.9 Å². The molecule has 1 N–H and O–H groups in total. The summed E-state index contributed by atoms with van der Waals surface area (Å²) in [5.41, 5.74) is 0. The molecule has 16 heavy (non-hydrogen) atoms. The van der Waals surface area contributed by atoms with Crippen LogP contribution >= 0.6 is 15.9 Å². The Hall–Kier alpha value is -1.17. The van der Waals surface area contributed by atoms with Crippen LogP contribution in [0, 0.1) is 11.6 Å². The zero-order chi connectivity index (χ0) is 12.1. The Balaban J connectivity index is 2.57. The van der Waals surface area contributed by atoms with Gasteiger partial charge in [-0.05, 0) is 18.6 Å². The van der Waals surface area contributed by atoms with Crippen LogP contribution < -0.4 is 4.74 Å². The number of carbonyl (C=O) groups is 1. The number of carboxylic acids is 1. The summed E-state index contributed by atoms with van der Waals surface area (Å²) in [6.07, 6.45) is 0.168. The third kappa shape index (κ3) is 3.77. The van der Waals surface area contributed by atoms with Gasteiger partial charge in [0.05, 0.1) is 6.61 Å². The van der Waals surface area contributed by atoms with Crippen LogP contribution in [0.3, 0.4) is 0 Å². The Morgan fingerprint density at radius 1 is 1.44 bits per heavy atom. The van der Waals surface area contributed by atoms with Crippen LogP contribution in [-0.2, 0) is 4.79 Å². The topological polar surface area (TPSA) is 46.5 Å². The molecule has 0 unspecified atom stereocenters. The highest BCUT2D eigenvalue weighted by Crippen LogP contribution is 2.25. The van der Waals surface area contributed by atoms with Crippen molar-refractivity contribution in [1.82, 2.24) is 0 Å². The first-order valence-corrected chi connectivity index (χ1v) is 5.29. The maximum Gasteiger partial charge on any atom is 0.303 e. The van der Waals surface area contributed by atoms with Crippen molar-refractivity contribution in [3.8, 4) is 5.75 Å². The van der Waals surface area contributed by atoms with Gasteiger partial charge in [0.25, 0.3) is 0 Å². The summed E-state index contributed by atoms with van der Waals surface area (Å²) in [5, 5.41) is 8.36. The first kappa shape index (κ1) is 12.9. The van der Waals surface area contributed by atoms with E-state index in [1.54, 1.807) is 0 Å². The van der Waals surface area contributed by atoms with E-state index in [4.69, 9.17) is 9.84 Å². The van der Waals surface area contributed by atoms with Crippen LogP contribution in [0.4, 0.5) is 8.78 Å². The van der Waals surface area contributed by atoms with Crippen molar-refractivity contribution in [2.75, 3.05) is 6.61 Å². The molecule has 1 rings (SSSR count). The molecule has 0 aliphatic rings. The number of carboxylic acid groups (broad SMARTS) is 1. The van der Waals surface area contributed by atoms with Crippen LogP contribution in [0.2, 0.25) is 0 Å². The molecule has 0 fully saturated rings. The Morgan fingerprint density at radius 2 is 2.12 bits per heavy atom. The molecule has 0 atom stereocenters. The molecule has 0 amide bonds. The summed E-state index contributed by atoms with van der Waals surface area (Å²) in [6, 6.07) is 2.28. The van der Waals surface area contributed by atoms with E-state index in [-0.39, 0.29) is 25.2 Å². The number of hydrogen-bond acceptors (Lipinski definition) is 2. The van der Waals surface area contributed by atoms with Gasteiger partial charge in [-0.3, -0.25) is 4.79 Å². The quantitative estimate of drug-likeness (QED) is 0.671. The maximum absolute atomic E-state index is 13.1. The summed E-state index contributed by atoms with van der Waals surface area (Å²) < 4.78 is 31.3. The fraction of sp³-hybridized carbons (Fsp3) is 0.300. The summed E-state index contributed by atoms with van der Waals surface area (Å²) in [4.78, 5) is 10.2. The van der Waals surface area contributed by atoms with E-state index in [1.165, 1.54) is 6.07 Å². The number of aliphatic carboxylic acids is 1. The lowest BCUT2D eigenvalue weighted by atomic mass is 10.3. The van der Waals surface area contributed by atoms with Crippen molar-refractivity contribution >= 4 is 21.9 Å². The van der Waals surface area contributed by atoms with E-state index < -0.39 is 17.6 Å². The average molecular weight is 295 g/mol. The van der Waals surface area contributed by atoms with Crippen molar-refractivity contribution in [3.63, 3.8) is 0 Å². The highest BCUT2D eigenvalue weighted by molar-refractivity contribution is 9.10. The van der Waals surface area contributed by atoms with Gasteiger partial charge in [-0.2, -0.15) is 4.39 Å². The van der Waals surface area contributed by atoms with Crippen LogP contribution in [0.1, 0.15) is 12.8 Å². The average Bonchev–Trinajstić information content (AvgIpc) is 2.19. The minimum absolute atomic E-state index is 0.0269. The molecule has 0 aliphatic carbocycles. The van der Waals surface area contributed by atoms with Crippen molar-refractivity contribution in [2.24, 2.45) is 0 Å². The smallest absolute Gasteiger partial charge is 0.303 e. The molecule has 0 saturated heterocycles. The molecule has 88 valence electrons. The Morgan fingerprint density at radius 3 is 2.75 bits per heavy atom. The molecule has 0 aromatic heterocycles. The maximum atomic E-state index is 13.1. The number of rotatable bonds is 5. The highest BCUT2D eigenvalue weighted by Gasteiger charge is 2.11. The minimum Gasteiger partial charge on any atom is -0.490 e. The number of benzene rings is 1. The standard InChI is InChI=1S/C10H9BrF2O3/c11-6-4-7(12)10(13)8(5-6)16-3-1-2-9(14)15/h4-5H,1-3H2,(H,14,15). The van der Waals surface area contributed by atoms with Gasteiger partial charge in [0.1, 0.15) is 0 Å². The number of hydrogen-bond donors (Lipinski definition) is 1. The predicted molar refractivity (Wildman–Crippen MR) is 56.4 cm³/mol. The minimum atomic E-state index is -1.07. The molecule has 3 nitrogen and oxygen atoms in total. The largest absolute Gasteiger partial charge is 0.490 e. The first-order chi connectivity index (χ1) is 7.50. The number of halogens is 3. The molecule has 0 radical (unpaired) electrons. The van der Waals surface area contributed by atoms with Crippen molar-refractivity contribution in [2.45, 2.75) is 12.8 Å². The Kier molecular flexibility index (Phi) is 4.67. The molecular formula is C10H9BrF2O3. The van der Waals surface area contributed by atoms with Gasteiger partial charge < -0.3 is 9.84 Å². The molecule has 0 heterocycles. The zero-order valence-electron chi connectivity index (χ0n) is 8.17. The third-order valence-electron chi connectivity index (χ3n) is 1.75. The fourth-order valence-electron chi connectivity index (χ4n) is 1.04. The predicted octanol–water partition coefficient (Wildman–Crippen LogP) is 2.97. The molecule has 1 aromatic carbocycles. The normalized spacial score (nSPS) is 10.2. The van der Waals surface area contributed by atoms with Gasteiger partial charge in [0, 0.05) is 10.9 Å². The molecule has 0 aliphatic heterocycles. The lowest BCUT2D eigenvalue weighted by Gasteiger charge is -2.07. The number of ether oxygens (including phenoxy) is 1.